The van der Waals surface area contributed by atoms with Crippen molar-refractivity contribution in [1.29, 1.82) is 0 Å². The maximum absolute atomic E-state index is 4.47. The quantitative estimate of drug-likeness (QED) is 0.866. The highest BCUT2D eigenvalue weighted by molar-refractivity contribution is 5.37. The van der Waals surface area contributed by atoms with Crippen molar-refractivity contribution in [1.82, 2.24) is 24.9 Å². The molecular weight excluding hydrogens is 214 g/mol. The molecule has 2 aromatic heterocycles. The van der Waals surface area contributed by atoms with Gasteiger partial charge in [0.2, 0.25) is 0 Å². The van der Waals surface area contributed by atoms with E-state index in [0.29, 0.717) is 0 Å². The van der Waals surface area contributed by atoms with E-state index in [9.17, 15) is 0 Å². The monoisotopic (exact) mass is 233 g/mol. The molecule has 0 saturated carbocycles. The summed E-state index contributed by atoms with van der Waals surface area (Å²) < 4.78 is 3.77. The molecule has 2 aromatic rings. The molecule has 0 fully saturated rings. The fraction of sp³-hybridized carbons (Fsp3) is 0.500. The van der Waals surface area contributed by atoms with Gasteiger partial charge in [-0.15, -0.1) is 0 Å². The highest BCUT2D eigenvalue weighted by Crippen LogP contribution is 2.17. The Morgan fingerprint density at radius 2 is 2.06 bits per heavy atom. The average Bonchev–Trinajstić information content (AvgIpc) is 2.80. The lowest BCUT2D eigenvalue weighted by Gasteiger charge is -2.07. The Morgan fingerprint density at radius 3 is 2.65 bits per heavy atom. The van der Waals surface area contributed by atoms with Crippen LogP contribution >= 0.6 is 0 Å². The van der Waals surface area contributed by atoms with Crippen LogP contribution in [0.1, 0.15) is 23.9 Å². The Bertz CT molecular complexity index is 509. The van der Waals surface area contributed by atoms with Crippen molar-refractivity contribution in [3.63, 3.8) is 0 Å². The van der Waals surface area contributed by atoms with Crippen LogP contribution in [0.4, 0.5) is 0 Å². The molecule has 0 bridgehead atoms. The van der Waals surface area contributed by atoms with E-state index >= 15 is 0 Å². The third-order valence-corrected chi connectivity index (χ3v) is 2.80. The number of rotatable bonds is 4. The Labute approximate surface area is 101 Å². The van der Waals surface area contributed by atoms with Crippen LogP contribution in [0.25, 0.3) is 5.82 Å². The van der Waals surface area contributed by atoms with Crippen molar-refractivity contribution in [2.45, 2.75) is 27.3 Å². The molecule has 0 atom stereocenters. The minimum atomic E-state index is 0.824. The molecule has 0 aromatic carbocycles. The molecule has 0 radical (unpaired) electrons. The smallest absolute Gasteiger partial charge is 0.156 e. The Kier molecular flexibility index (Phi) is 3.28. The molecule has 2 rings (SSSR count). The highest BCUT2D eigenvalue weighted by atomic mass is 15.4. The third kappa shape index (κ3) is 2.24. The number of nitrogens with zero attached hydrogens (tertiary/aromatic N) is 4. The molecule has 17 heavy (non-hydrogen) atoms. The van der Waals surface area contributed by atoms with E-state index in [1.54, 1.807) is 0 Å². The summed E-state index contributed by atoms with van der Waals surface area (Å²) in [7, 11) is 1.95. The normalized spacial score (nSPS) is 11.1. The molecule has 5 heteroatoms. The van der Waals surface area contributed by atoms with Crippen LogP contribution in [0, 0.1) is 13.8 Å². The van der Waals surface area contributed by atoms with Gasteiger partial charge in [0.15, 0.2) is 5.82 Å². The van der Waals surface area contributed by atoms with E-state index in [0.717, 1.165) is 30.3 Å². The molecule has 0 aliphatic carbocycles. The number of hydrogen-bond acceptors (Lipinski definition) is 3. The lowest BCUT2D eigenvalue weighted by atomic mass is 10.2. The van der Waals surface area contributed by atoms with E-state index in [1.807, 2.05) is 42.5 Å². The topological polar surface area (TPSA) is 47.7 Å². The zero-order chi connectivity index (χ0) is 12.4. The molecule has 92 valence electrons. The lowest BCUT2D eigenvalue weighted by molar-refractivity contribution is 0.677. The van der Waals surface area contributed by atoms with Gasteiger partial charge in [0.05, 0.1) is 11.4 Å². The van der Waals surface area contributed by atoms with Crippen LogP contribution in [0.15, 0.2) is 12.3 Å². The van der Waals surface area contributed by atoms with E-state index < -0.39 is 0 Å². The number of aryl methyl sites for hydroxylation is 3. The van der Waals surface area contributed by atoms with Gasteiger partial charge in [0, 0.05) is 25.4 Å². The van der Waals surface area contributed by atoms with Gasteiger partial charge in [-0.3, -0.25) is 4.68 Å². The van der Waals surface area contributed by atoms with Crippen molar-refractivity contribution in [2.24, 2.45) is 7.05 Å². The number of aromatic nitrogens is 4. The molecule has 0 amide bonds. The Hall–Kier alpha value is -1.62. The van der Waals surface area contributed by atoms with Crippen LogP contribution < -0.4 is 5.32 Å². The second kappa shape index (κ2) is 4.71. The van der Waals surface area contributed by atoms with Gasteiger partial charge in [0.25, 0.3) is 0 Å². The zero-order valence-corrected chi connectivity index (χ0v) is 10.9. The molecule has 0 aliphatic rings. The SMILES string of the molecule is CCNCc1c(C)nn(C)c1-n1ccc(C)n1. The summed E-state index contributed by atoms with van der Waals surface area (Å²) >= 11 is 0. The summed E-state index contributed by atoms with van der Waals surface area (Å²) in [6.07, 6.45) is 1.97. The summed E-state index contributed by atoms with van der Waals surface area (Å²) in [5, 5.41) is 12.3. The third-order valence-electron chi connectivity index (χ3n) is 2.80. The van der Waals surface area contributed by atoms with Gasteiger partial charge in [-0.2, -0.15) is 10.2 Å². The van der Waals surface area contributed by atoms with Gasteiger partial charge >= 0.3 is 0 Å². The molecule has 0 aliphatic heterocycles. The van der Waals surface area contributed by atoms with Crippen LogP contribution in [-0.2, 0) is 13.6 Å². The van der Waals surface area contributed by atoms with Crippen molar-refractivity contribution in [3.8, 4) is 5.82 Å². The van der Waals surface area contributed by atoms with Crippen LogP contribution in [0.3, 0.4) is 0 Å². The molecule has 0 saturated heterocycles. The second-order valence-electron chi connectivity index (χ2n) is 4.19. The molecule has 2 heterocycles. The Balaban J connectivity index is 2.44. The van der Waals surface area contributed by atoms with Crippen molar-refractivity contribution >= 4 is 0 Å². The first kappa shape index (κ1) is 11.9. The summed E-state index contributed by atoms with van der Waals surface area (Å²) in [4.78, 5) is 0. The minimum Gasteiger partial charge on any atom is -0.313 e. The van der Waals surface area contributed by atoms with E-state index in [1.165, 1.54) is 5.56 Å². The number of nitrogens with one attached hydrogen (secondary N) is 1. The zero-order valence-electron chi connectivity index (χ0n) is 10.9. The first-order valence-corrected chi connectivity index (χ1v) is 5.89. The highest BCUT2D eigenvalue weighted by Gasteiger charge is 2.14. The predicted octanol–water partition coefficient (Wildman–Crippen LogP) is 1.33. The van der Waals surface area contributed by atoms with E-state index in [2.05, 4.69) is 22.4 Å². The minimum absolute atomic E-state index is 0.824. The standard InChI is InChI=1S/C12H19N5/c1-5-13-8-11-10(3)15-16(4)12(11)17-7-6-9(2)14-17/h6-7,13H,5,8H2,1-4H3. The van der Waals surface area contributed by atoms with Gasteiger partial charge in [-0.1, -0.05) is 6.92 Å². The summed E-state index contributed by atoms with van der Waals surface area (Å²) in [5.41, 5.74) is 3.27. The average molecular weight is 233 g/mol. The molecular formula is C12H19N5. The van der Waals surface area contributed by atoms with Crippen LogP contribution in [-0.4, -0.2) is 26.1 Å². The van der Waals surface area contributed by atoms with Gasteiger partial charge in [0.1, 0.15) is 0 Å². The van der Waals surface area contributed by atoms with Gasteiger partial charge in [-0.25, -0.2) is 4.68 Å². The van der Waals surface area contributed by atoms with Crippen molar-refractivity contribution < 1.29 is 0 Å². The first-order valence-electron chi connectivity index (χ1n) is 5.89. The number of hydrogen-bond donors (Lipinski definition) is 1. The van der Waals surface area contributed by atoms with Crippen molar-refractivity contribution in [2.75, 3.05) is 6.54 Å². The molecule has 5 nitrogen and oxygen atoms in total. The Morgan fingerprint density at radius 1 is 1.29 bits per heavy atom. The van der Waals surface area contributed by atoms with Crippen molar-refractivity contribution in [3.05, 3.63) is 29.2 Å². The summed E-state index contributed by atoms with van der Waals surface area (Å²) in [5.74, 6) is 1.04. The fourth-order valence-electron chi connectivity index (χ4n) is 1.97. The molecule has 0 unspecified atom stereocenters. The van der Waals surface area contributed by atoms with Gasteiger partial charge in [-0.05, 0) is 26.5 Å². The van der Waals surface area contributed by atoms with E-state index in [4.69, 9.17) is 0 Å². The molecule has 0 spiro atoms. The maximum atomic E-state index is 4.47. The van der Waals surface area contributed by atoms with Gasteiger partial charge < -0.3 is 5.32 Å². The lowest BCUT2D eigenvalue weighted by Crippen LogP contribution is -2.15. The largest absolute Gasteiger partial charge is 0.313 e. The molecule has 1 N–H and O–H groups in total. The summed E-state index contributed by atoms with van der Waals surface area (Å²) in [6, 6.07) is 2.00. The first-order chi connectivity index (χ1) is 8.13. The van der Waals surface area contributed by atoms with Crippen LogP contribution in [0.5, 0.6) is 0 Å². The second-order valence-corrected chi connectivity index (χ2v) is 4.19. The fourth-order valence-corrected chi connectivity index (χ4v) is 1.97. The maximum Gasteiger partial charge on any atom is 0.156 e. The summed E-state index contributed by atoms with van der Waals surface area (Å²) in [6.45, 7) is 7.90. The predicted molar refractivity (Wildman–Crippen MR) is 67.2 cm³/mol. The van der Waals surface area contributed by atoms with E-state index in [-0.39, 0.29) is 0 Å². The van der Waals surface area contributed by atoms with Crippen LogP contribution in [0.2, 0.25) is 0 Å².